The summed E-state index contributed by atoms with van der Waals surface area (Å²) in [7, 11) is -3.54. The number of para-hydroxylation sites is 1. The van der Waals surface area contributed by atoms with Crippen LogP contribution in [0.4, 0.5) is 29.0 Å². The molecule has 0 unspecified atom stereocenters. The van der Waals surface area contributed by atoms with Crippen molar-refractivity contribution in [2.75, 3.05) is 54.8 Å². The van der Waals surface area contributed by atoms with Crippen molar-refractivity contribution in [1.29, 1.82) is 0 Å². The number of piperidine rings is 1. The van der Waals surface area contributed by atoms with Gasteiger partial charge in [-0.2, -0.15) is 4.98 Å². The van der Waals surface area contributed by atoms with Crippen molar-refractivity contribution in [3.8, 4) is 5.75 Å². The third kappa shape index (κ3) is 9.88. The van der Waals surface area contributed by atoms with E-state index in [9.17, 15) is 18.0 Å². The van der Waals surface area contributed by atoms with E-state index in [1.54, 1.807) is 38.1 Å². The van der Waals surface area contributed by atoms with Crippen LogP contribution >= 0.6 is 0 Å². The maximum atomic E-state index is 13.0. The molecule has 4 N–H and O–H groups in total. The maximum Gasteiger partial charge on any atom is 0.232 e. The molecular weight excluding hydrogens is 683 g/mol. The van der Waals surface area contributed by atoms with E-state index < -0.39 is 15.1 Å². The highest BCUT2D eigenvalue weighted by Crippen LogP contribution is 2.37. The van der Waals surface area contributed by atoms with Crippen LogP contribution < -0.4 is 26.0 Å². The number of ether oxygens (including phenoxy) is 1. The van der Waals surface area contributed by atoms with Gasteiger partial charge in [-0.25, -0.2) is 18.4 Å². The summed E-state index contributed by atoms with van der Waals surface area (Å²) in [5.41, 5.74) is 8.52. The zero-order valence-corrected chi connectivity index (χ0v) is 31.8. The zero-order valence-electron chi connectivity index (χ0n) is 31.0. The van der Waals surface area contributed by atoms with Crippen LogP contribution in [-0.4, -0.2) is 102 Å². The Labute approximate surface area is 307 Å². The molecule has 2 aliphatic rings. The van der Waals surface area contributed by atoms with Crippen LogP contribution in [0.25, 0.3) is 0 Å². The Morgan fingerprint density at radius 3 is 2.17 bits per heavy atom. The number of benzene rings is 2. The van der Waals surface area contributed by atoms with E-state index in [0.29, 0.717) is 48.8 Å². The summed E-state index contributed by atoms with van der Waals surface area (Å²) in [5, 5.41) is 5.78. The SMILES string of the molecule is Cc1cc(Nc2ncnc(Nc3ccccc3S(=O)(=O)C(C)C)n2)c(OC(C)C)cc1N1CCC(N2CCN(C(=O)CCCCC(N)=O)CC2)CC1. The number of aryl methyl sites for hydroxylation is 1. The molecule has 52 heavy (non-hydrogen) atoms. The van der Waals surface area contributed by atoms with E-state index in [2.05, 4.69) is 48.4 Å². The first-order valence-electron chi connectivity index (χ1n) is 18.2. The van der Waals surface area contributed by atoms with E-state index >= 15 is 0 Å². The van der Waals surface area contributed by atoms with Crippen molar-refractivity contribution in [1.82, 2.24) is 24.8 Å². The number of carbonyl (C=O) groups is 2. The van der Waals surface area contributed by atoms with Gasteiger partial charge in [0.25, 0.3) is 0 Å². The molecule has 3 aromatic rings. The number of nitrogens with one attached hydrogen (secondary N) is 2. The van der Waals surface area contributed by atoms with Crippen LogP contribution in [0.5, 0.6) is 5.75 Å². The second-order valence-corrected chi connectivity index (χ2v) is 16.6. The minimum absolute atomic E-state index is 0.0717. The van der Waals surface area contributed by atoms with Gasteiger partial charge in [0.05, 0.1) is 27.6 Å². The van der Waals surface area contributed by atoms with E-state index in [0.717, 1.165) is 63.4 Å². The molecule has 5 rings (SSSR count). The number of amides is 2. The number of unbranched alkanes of at least 4 members (excludes halogenated alkanes) is 1. The van der Waals surface area contributed by atoms with Crippen LogP contribution in [0.15, 0.2) is 47.6 Å². The Morgan fingerprint density at radius 1 is 0.904 bits per heavy atom. The number of primary amides is 1. The van der Waals surface area contributed by atoms with Gasteiger partial charge in [-0.15, -0.1) is 0 Å². The molecule has 15 heteroatoms. The molecule has 1 aromatic heterocycles. The first-order valence-corrected chi connectivity index (χ1v) is 19.8. The lowest BCUT2D eigenvalue weighted by molar-refractivity contribution is -0.133. The van der Waals surface area contributed by atoms with E-state index in [4.69, 9.17) is 10.5 Å². The third-order valence-electron chi connectivity index (χ3n) is 9.59. The Kier molecular flexibility index (Phi) is 12.9. The number of anilines is 5. The molecule has 0 radical (unpaired) electrons. The zero-order chi connectivity index (χ0) is 37.4. The lowest BCUT2D eigenvalue weighted by Gasteiger charge is -2.43. The van der Waals surface area contributed by atoms with E-state index in [1.165, 1.54) is 6.33 Å². The number of hydrogen-bond donors (Lipinski definition) is 3. The normalized spacial score (nSPS) is 16.0. The van der Waals surface area contributed by atoms with Crippen LogP contribution in [-0.2, 0) is 19.4 Å². The van der Waals surface area contributed by atoms with Crippen molar-refractivity contribution in [3.63, 3.8) is 0 Å². The fourth-order valence-electron chi connectivity index (χ4n) is 6.74. The molecule has 2 saturated heterocycles. The Balaban J connectivity index is 1.21. The number of sulfone groups is 1. The molecule has 0 aliphatic carbocycles. The fraction of sp³-hybridized carbons (Fsp3) is 0.541. The summed E-state index contributed by atoms with van der Waals surface area (Å²) < 4.78 is 32.2. The molecule has 3 heterocycles. The highest BCUT2D eigenvalue weighted by Gasteiger charge is 2.30. The molecule has 0 bridgehead atoms. The standard InChI is InChI=1S/C37H53N9O5S/c1-25(2)51-32-23-31(45-16-14-28(15-17-45)44-18-20-46(21-19-44)35(48)13-9-8-12-34(38)47)27(5)22-30(32)42-37-40-24-39-36(43-37)41-29-10-6-7-11-33(29)52(49,50)26(3)4/h6-7,10-11,22-26,28H,8-9,12-21H2,1-5H3,(H2,38,47)(H2,39,40,41,42,43). The number of aromatic nitrogens is 3. The topological polar surface area (TPSA) is 176 Å². The monoisotopic (exact) mass is 735 g/mol. The molecule has 2 amide bonds. The minimum atomic E-state index is -3.54. The molecular formula is C37H53N9O5S. The predicted octanol–water partition coefficient (Wildman–Crippen LogP) is 4.80. The number of rotatable bonds is 15. The van der Waals surface area contributed by atoms with Crippen LogP contribution in [0.3, 0.4) is 0 Å². The van der Waals surface area contributed by atoms with Crippen LogP contribution in [0.1, 0.15) is 71.8 Å². The Morgan fingerprint density at radius 2 is 1.54 bits per heavy atom. The van der Waals surface area contributed by atoms with Crippen molar-refractivity contribution < 1.29 is 22.7 Å². The average molecular weight is 736 g/mol. The summed E-state index contributed by atoms with van der Waals surface area (Å²) in [4.78, 5) is 43.8. The smallest absolute Gasteiger partial charge is 0.232 e. The molecule has 0 saturated carbocycles. The Hall–Kier alpha value is -4.50. The molecule has 14 nitrogen and oxygen atoms in total. The molecule has 2 aromatic carbocycles. The molecule has 0 atom stereocenters. The first kappa shape index (κ1) is 38.7. The lowest BCUT2D eigenvalue weighted by Crippen LogP contribution is -2.54. The van der Waals surface area contributed by atoms with Gasteiger partial charge in [-0.05, 0) is 84.1 Å². The van der Waals surface area contributed by atoms with E-state index in [1.807, 2.05) is 24.8 Å². The number of hydrogen-bond acceptors (Lipinski definition) is 12. The van der Waals surface area contributed by atoms with Gasteiger partial charge < -0.3 is 30.9 Å². The molecule has 2 aliphatic heterocycles. The summed E-state index contributed by atoms with van der Waals surface area (Å²) >= 11 is 0. The van der Waals surface area contributed by atoms with Crippen molar-refractivity contribution >= 4 is 50.6 Å². The van der Waals surface area contributed by atoms with Gasteiger partial charge in [0, 0.05) is 69.9 Å². The predicted molar refractivity (Wildman–Crippen MR) is 203 cm³/mol. The summed E-state index contributed by atoms with van der Waals surface area (Å²) in [6, 6.07) is 11.3. The van der Waals surface area contributed by atoms with Gasteiger partial charge in [0.1, 0.15) is 12.1 Å². The van der Waals surface area contributed by atoms with Crippen LogP contribution in [0, 0.1) is 6.92 Å². The van der Waals surface area contributed by atoms with Gasteiger partial charge >= 0.3 is 0 Å². The number of piperazine rings is 1. The van der Waals surface area contributed by atoms with Crippen molar-refractivity contribution in [2.24, 2.45) is 5.73 Å². The van der Waals surface area contributed by atoms with Gasteiger partial charge in [0.2, 0.25) is 23.7 Å². The molecule has 0 spiro atoms. The largest absolute Gasteiger partial charge is 0.489 e. The highest BCUT2D eigenvalue weighted by atomic mass is 32.2. The van der Waals surface area contributed by atoms with Crippen molar-refractivity contribution in [2.45, 2.75) is 95.4 Å². The molecule has 282 valence electrons. The average Bonchev–Trinajstić information content (AvgIpc) is 3.11. The molecule has 2 fully saturated rings. The third-order valence-corrected chi connectivity index (χ3v) is 11.8. The van der Waals surface area contributed by atoms with Gasteiger partial charge in [-0.3, -0.25) is 14.5 Å². The summed E-state index contributed by atoms with van der Waals surface area (Å²) in [5.74, 6) is 1.02. The number of nitrogens with two attached hydrogens (primary N) is 1. The number of nitrogens with zero attached hydrogens (tertiary/aromatic N) is 6. The quantitative estimate of drug-likeness (QED) is 0.182. The number of carbonyl (C=O) groups excluding carboxylic acids is 2. The highest BCUT2D eigenvalue weighted by molar-refractivity contribution is 7.92. The van der Waals surface area contributed by atoms with Gasteiger partial charge in [0.15, 0.2) is 9.84 Å². The van der Waals surface area contributed by atoms with Gasteiger partial charge in [-0.1, -0.05) is 12.1 Å². The minimum Gasteiger partial charge on any atom is -0.489 e. The summed E-state index contributed by atoms with van der Waals surface area (Å²) in [6.07, 6.45) is 5.52. The lowest BCUT2D eigenvalue weighted by atomic mass is 10.00. The second kappa shape index (κ2) is 17.3. The van der Waals surface area contributed by atoms with Crippen LogP contribution in [0.2, 0.25) is 0 Å². The summed E-state index contributed by atoms with van der Waals surface area (Å²) in [6.45, 7) is 14.4. The Bertz CT molecular complexity index is 1800. The van der Waals surface area contributed by atoms with Crippen molar-refractivity contribution in [3.05, 3.63) is 48.3 Å². The maximum absolute atomic E-state index is 13.0. The fourth-order valence-corrected chi connectivity index (χ4v) is 7.94. The first-order chi connectivity index (χ1) is 24.8. The second-order valence-electron chi connectivity index (χ2n) is 14.1. The van der Waals surface area contributed by atoms with E-state index in [-0.39, 0.29) is 34.7 Å².